The van der Waals surface area contributed by atoms with Gasteiger partial charge in [-0.25, -0.2) is 0 Å². The van der Waals surface area contributed by atoms with Gasteiger partial charge in [-0.05, 0) is 36.2 Å². The Morgan fingerprint density at radius 2 is 2.22 bits per heavy atom. The molecule has 0 radical (unpaired) electrons. The molecule has 2 heterocycles. The lowest BCUT2D eigenvalue weighted by Gasteiger charge is -2.24. The normalized spacial score (nSPS) is 20.7. The molecular weight excluding hydrogens is 314 g/mol. The Balaban J connectivity index is 1.74. The van der Waals surface area contributed by atoms with E-state index in [2.05, 4.69) is 4.98 Å². The van der Waals surface area contributed by atoms with Crippen LogP contribution < -0.4 is 10.6 Å². The second-order valence-electron chi connectivity index (χ2n) is 5.97. The molecule has 1 aromatic heterocycles. The minimum absolute atomic E-state index is 0.229. The van der Waals surface area contributed by atoms with Gasteiger partial charge >= 0.3 is 0 Å². The quantitative estimate of drug-likeness (QED) is 0.898. The van der Waals surface area contributed by atoms with Crippen molar-refractivity contribution < 1.29 is 9.90 Å². The highest BCUT2D eigenvalue weighted by Crippen LogP contribution is 2.30. The summed E-state index contributed by atoms with van der Waals surface area (Å²) in [4.78, 5) is 17.2. The largest absolute Gasteiger partial charge is 0.388 e. The number of carbonyl (C=O) groups is 1. The van der Waals surface area contributed by atoms with E-state index < -0.39 is 11.5 Å². The molecule has 5 nitrogen and oxygen atoms in total. The fraction of sp³-hybridized carbons (Fsp3) is 0.294. The molecule has 23 heavy (non-hydrogen) atoms. The molecule has 1 unspecified atom stereocenters. The minimum Gasteiger partial charge on any atom is -0.388 e. The standard InChI is InChI=1S/C17H18ClN3O2/c18-13-3-1-2-12(8-13)10-17(23)5-7-21(11-17)14-4-6-20-15(9-14)16(19)22/h1-4,6,8-9,23H,5,7,10-11H2,(H2,19,22). The molecule has 1 amide bonds. The fourth-order valence-electron chi connectivity index (χ4n) is 3.00. The molecule has 1 aromatic carbocycles. The Morgan fingerprint density at radius 3 is 2.96 bits per heavy atom. The number of carbonyl (C=O) groups excluding carboxylic acids is 1. The fourth-order valence-corrected chi connectivity index (χ4v) is 3.21. The van der Waals surface area contributed by atoms with Gasteiger partial charge in [-0.15, -0.1) is 0 Å². The first kappa shape index (κ1) is 15.8. The van der Waals surface area contributed by atoms with E-state index in [-0.39, 0.29) is 5.69 Å². The molecule has 3 rings (SSSR count). The van der Waals surface area contributed by atoms with Crippen molar-refractivity contribution in [2.45, 2.75) is 18.4 Å². The van der Waals surface area contributed by atoms with Crippen LogP contribution in [0, 0.1) is 0 Å². The number of pyridine rings is 1. The maximum Gasteiger partial charge on any atom is 0.267 e. The van der Waals surface area contributed by atoms with Gasteiger partial charge < -0.3 is 15.7 Å². The zero-order valence-corrected chi connectivity index (χ0v) is 13.3. The third kappa shape index (κ3) is 3.63. The van der Waals surface area contributed by atoms with Gasteiger partial charge in [0.2, 0.25) is 0 Å². The highest BCUT2D eigenvalue weighted by molar-refractivity contribution is 6.30. The maximum atomic E-state index is 11.2. The molecular formula is C17H18ClN3O2. The first-order chi connectivity index (χ1) is 11.0. The summed E-state index contributed by atoms with van der Waals surface area (Å²) in [6.45, 7) is 1.20. The summed E-state index contributed by atoms with van der Waals surface area (Å²) >= 11 is 6.00. The van der Waals surface area contributed by atoms with E-state index in [9.17, 15) is 9.90 Å². The van der Waals surface area contributed by atoms with Crippen LogP contribution in [0.5, 0.6) is 0 Å². The number of hydrogen-bond donors (Lipinski definition) is 2. The molecule has 120 valence electrons. The zero-order valence-electron chi connectivity index (χ0n) is 12.6. The van der Waals surface area contributed by atoms with E-state index in [1.54, 1.807) is 12.3 Å². The van der Waals surface area contributed by atoms with Crippen LogP contribution in [0.3, 0.4) is 0 Å². The molecule has 0 aliphatic carbocycles. The topological polar surface area (TPSA) is 79.5 Å². The van der Waals surface area contributed by atoms with Crippen molar-refractivity contribution in [1.29, 1.82) is 0 Å². The summed E-state index contributed by atoms with van der Waals surface area (Å²) in [5.74, 6) is -0.555. The maximum absolute atomic E-state index is 11.2. The molecule has 1 saturated heterocycles. The van der Waals surface area contributed by atoms with Crippen LogP contribution in [-0.2, 0) is 6.42 Å². The zero-order chi connectivity index (χ0) is 16.4. The summed E-state index contributed by atoms with van der Waals surface area (Å²) in [5, 5.41) is 11.5. The van der Waals surface area contributed by atoms with Crippen LogP contribution in [0.4, 0.5) is 5.69 Å². The first-order valence-corrected chi connectivity index (χ1v) is 7.81. The van der Waals surface area contributed by atoms with E-state index in [0.717, 1.165) is 11.3 Å². The Hall–Kier alpha value is -2.11. The lowest BCUT2D eigenvalue weighted by molar-refractivity contribution is 0.0637. The molecule has 1 atom stereocenters. The van der Waals surface area contributed by atoms with Crippen LogP contribution in [0.1, 0.15) is 22.5 Å². The number of nitrogens with two attached hydrogens (primary N) is 1. The van der Waals surface area contributed by atoms with Crippen LogP contribution in [-0.4, -0.2) is 34.7 Å². The van der Waals surface area contributed by atoms with Gasteiger partial charge in [-0.3, -0.25) is 9.78 Å². The average molecular weight is 332 g/mol. The molecule has 1 aliphatic heterocycles. The molecule has 2 aromatic rings. The summed E-state index contributed by atoms with van der Waals surface area (Å²) in [5.41, 5.74) is 6.53. The van der Waals surface area contributed by atoms with Crippen LogP contribution >= 0.6 is 11.6 Å². The van der Waals surface area contributed by atoms with Crippen LogP contribution in [0.15, 0.2) is 42.6 Å². The highest BCUT2D eigenvalue weighted by atomic mass is 35.5. The summed E-state index contributed by atoms with van der Waals surface area (Å²) in [6.07, 6.45) is 2.75. The summed E-state index contributed by atoms with van der Waals surface area (Å²) in [7, 11) is 0. The van der Waals surface area contributed by atoms with E-state index in [4.69, 9.17) is 17.3 Å². The van der Waals surface area contributed by atoms with Crippen LogP contribution in [0.25, 0.3) is 0 Å². The molecule has 1 fully saturated rings. The van der Waals surface area contributed by atoms with Crippen molar-refractivity contribution in [3.05, 3.63) is 58.9 Å². The number of aromatic nitrogens is 1. The Morgan fingerprint density at radius 1 is 1.39 bits per heavy atom. The first-order valence-electron chi connectivity index (χ1n) is 7.43. The predicted octanol–water partition coefficient (Wildman–Crippen LogP) is 2.02. The van der Waals surface area contributed by atoms with Crippen molar-refractivity contribution >= 4 is 23.2 Å². The monoisotopic (exact) mass is 331 g/mol. The summed E-state index contributed by atoms with van der Waals surface area (Å²) < 4.78 is 0. The number of hydrogen-bond acceptors (Lipinski definition) is 4. The number of β-amino-alcohol motifs (C(OH)–C–C–N with tert-alkyl or cyclic N) is 1. The van der Waals surface area contributed by atoms with Crippen molar-refractivity contribution in [3.8, 4) is 0 Å². The van der Waals surface area contributed by atoms with Crippen LogP contribution in [0.2, 0.25) is 5.02 Å². The third-order valence-corrected chi connectivity index (χ3v) is 4.35. The molecule has 3 N–H and O–H groups in total. The van der Waals surface area contributed by atoms with E-state index in [1.165, 1.54) is 0 Å². The number of halogens is 1. The highest BCUT2D eigenvalue weighted by Gasteiger charge is 2.36. The Kier molecular flexibility index (Phi) is 4.24. The molecule has 6 heteroatoms. The molecule has 1 aliphatic rings. The number of rotatable bonds is 4. The Bertz CT molecular complexity index is 737. The van der Waals surface area contributed by atoms with Gasteiger partial charge in [0.15, 0.2) is 0 Å². The molecule has 0 spiro atoms. The number of anilines is 1. The molecule has 0 bridgehead atoms. The second-order valence-corrected chi connectivity index (χ2v) is 6.40. The van der Waals surface area contributed by atoms with E-state index in [0.29, 0.717) is 31.0 Å². The molecule has 0 saturated carbocycles. The van der Waals surface area contributed by atoms with Gasteiger partial charge in [-0.1, -0.05) is 23.7 Å². The van der Waals surface area contributed by atoms with Crippen molar-refractivity contribution in [2.24, 2.45) is 5.73 Å². The third-order valence-electron chi connectivity index (χ3n) is 4.12. The number of primary amides is 1. The van der Waals surface area contributed by atoms with Crippen molar-refractivity contribution in [3.63, 3.8) is 0 Å². The van der Waals surface area contributed by atoms with Crippen molar-refractivity contribution in [2.75, 3.05) is 18.0 Å². The average Bonchev–Trinajstić information content (AvgIpc) is 2.89. The van der Waals surface area contributed by atoms with Gasteiger partial charge in [-0.2, -0.15) is 0 Å². The Labute approximate surface area is 139 Å². The van der Waals surface area contributed by atoms with E-state index >= 15 is 0 Å². The lowest BCUT2D eigenvalue weighted by atomic mass is 9.94. The predicted molar refractivity (Wildman–Crippen MR) is 89.7 cm³/mol. The SMILES string of the molecule is NC(=O)c1cc(N2CCC(O)(Cc3cccc(Cl)c3)C2)ccn1. The van der Waals surface area contributed by atoms with Gasteiger partial charge in [0.25, 0.3) is 5.91 Å². The summed E-state index contributed by atoms with van der Waals surface area (Å²) in [6, 6.07) is 11.0. The smallest absolute Gasteiger partial charge is 0.267 e. The van der Waals surface area contributed by atoms with Gasteiger partial charge in [0, 0.05) is 36.4 Å². The lowest BCUT2D eigenvalue weighted by Crippen LogP contribution is -2.35. The minimum atomic E-state index is -0.819. The number of amides is 1. The van der Waals surface area contributed by atoms with E-state index in [1.807, 2.05) is 35.2 Å². The number of nitrogens with zero attached hydrogens (tertiary/aromatic N) is 2. The van der Waals surface area contributed by atoms with Crippen molar-refractivity contribution in [1.82, 2.24) is 4.98 Å². The van der Waals surface area contributed by atoms with Gasteiger partial charge in [0.05, 0.1) is 5.60 Å². The number of aliphatic hydroxyl groups is 1. The second kappa shape index (κ2) is 6.18. The van der Waals surface area contributed by atoms with Gasteiger partial charge in [0.1, 0.15) is 5.69 Å². The number of benzene rings is 1.